The Kier molecular flexibility index (Phi) is 12.4. The van der Waals surface area contributed by atoms with Crippen molar-refractivity contribution >= 4 is 64.1 Å². The van der Waals surface area contributed by atoms with E-state index in [9.17, 15) is 38.7 Å². The number of dihydropyridines is 1. The number of hydrogen-bond acceptors (Lipinski definition) is 8. The molecular weight excluding hydrogens is 721 g/mol. The van der Waals surface area contributed by atoms with Crippen molar-refractivity contribution in [1.29, 1.82) is 0 Å². The van der Waals surface area contributed by atoms with Gasteiger partial charge in [-0.2, -0.15) is 0 Å². The van der Waals surface area contributed by atoms with Crippen molar-refractivity contribution in [3.05, 3.63) is 86.7 Å². The summed E-state index contributed by atoms with van der Waals surface area (Å²) in [5.41, 5.74) is -1.35. The van der Waals surface area contributed by atoms with Gasteiger partial charge >= 0.3 is 17.9 Å². The molecule has 2 fully saturated rings. The molecule has 0 spiro atoms. The molecule has 0 radical (unpaired) electrons. The number of amides is 2. The van der Waals surface area contributed by atoms with Gasteiger partial charge in [-0.25, -0.2) is 9.59 Å². The number of piperazine rings is 1. The number of carboxylic acid groups (broad SMARTS) is 2. The highest BCUT2D eigenvalue weighted by molar-refractivity contribution is 7.91. The first-order valence-corrected chi connectivity index (χ1v) is 18.6. The van der Waals surface area contributed by atoms with Gasteiger partial charge in [-0.3, -0.25) is 14.4 Å². The van der Waals surface area contributed by atoms with Gasteiger partial charge in [0, 0.05) is 53.9 Å². The summed E-state index contributed by atoms with van der Waals surface area (Å²) in [6.07, 6.45) is 3.34. The second-order valence-corrected chi connectivity index (χ2v) is 15.2. The Morgan fingerprint density at radius 3 is 1.94 bits per heavy atom. The predicted octanol–water partition coefficient (Wildman–Crippen LogP) is 4.74. The number of ether oxygens (including phenoxy) is 1. The van der Waals surface area contributed by atoms with E-state index in [1.807, 2.05) is 0 Å². The quantitative estimate of drug-likeness (QED) is 0.202. The Hall–Kier alpha value is -4.04. The molecular formula is C36H39Cl2N3O9S. The zero-order valence-electron chi connectivity index (χ0n) is 28.0. The SMILES string of the molecule is COC(=O)CC1(CC(=O)N2CCN(C(=O)CC3=C(C(=O)O)C(c4c(Cl)cccc4Cl)C(C(=O)O)=C(C[S@+]([O-])c4ccccc4)N3)CC2)CCCC1. The molecule has 51 heavy (non-hydrogen) atoms. The molecule has 2 heterocycles. The monoisotopic (exact) mass is 759 g/mol. The highest BCUT2D eigenvalue weighted by Crippen LogP contribution is 2.46. The van der Waals surface area contributed by atoms with Crippen molar-refractivity contribution < 1.29 is 43.5 Å². The topological polar surface area (TPSA) is 177 Å². The van der Waals surface area contributed by atoms with Gasteiger partial charge in [0.05, 0.1) is 42.7 Å². The van der Waals surface area contributed by atoms with Gasteiger partial charge in [0.25, 0.3) is 0 Å². The molecule has 2 aromatic rings. The van der Waals surface area contributed by atoms with Crippen LogP contribution in [0.15, 0.2) is 76.0 Å². The van der Waals surface area contributed by atoms with E-state index in [1.54, 1.807) is 35.2 Å². The standard InChI is InChI=1S/C36H39Cl2N3O9S/c1-50-29(44)20-36(12-5-6-13-36)19-28(43)41-16-14-40(15-17-41)27(42)18-25-31(34(45)46)33(30-23(37)10-7-11-24(30)38)32(35(47)48)26(39-25)21-51(49)22-8-3-2-4-9-22/h2-4,7-11,33,39H,5-6,12-21H2,1H3,(H,45,46)(H,47,48)/t33?,51-/m0/s1. The average molecular weight is 761 g/mol. The van der Waals surface area contributed by atoms with Crippen molar-refractivity contribution in [2.24, 2.45) is 5.41 Å². The molecule has 1 aliphatic carbocycles. The van der Waals surface area contributed by atoms with Gasteiger partial charge in [-0.1, -0.05) is 60.3 Å². The normalized spacial score (nSPS) is 19.4. The van der Waals surface area contributed by atoms with Gasteiger partial charge in [-0.05, 0) is 53.7 Å². The predicted molar refractivity (Wildman–Crippen MR) is 189 cm³/mol. The second-order valence-electron chi connectivity index (χ2n) is 13.0. The first-order chi connectivity index (χ1) is 24.3. The summed E-state index contributed by atoms with van der Waals surface area (Å²) in [6, 6.07) is 12.8. The van der Waals surface area contributed by atoms with Crippen LogP contribution in [0.5, 0.6) is 0 Å². The largest absolute Gasteiger partial charge is 0.611 e. The van der Waals surface area contributed by atoms with E-state index >= 15 is 0 Å². The number of esters is 1. The van der Waals surface area contributed by atoms with E-state index in [0.29, 0.717) is 4.90 Å². The number of carbonyl (C=O) groups excluding carboxylic acids is 3. The van der Waals surface area contributed by atoms with Crippen LogP contribution in [0.2, 0.25) is 10.0 Å². The fourth-order valence-electron chi connectivity index (χ4n) is 7.25. The molecule has 0 bridgehead atoms. The Balaban J connectivity index is 1.40. The molecule has 12 nitrogen and oxygen atoms in total. The van der Waals surface area contributed by atoms with E-state index < -0.39 is 57.9 Å². The minimum atomic E-state index is -1.75. The number of rotatable bonds is 12. The first kappa shape index (κ1) is 38.2. The summed E-state index contributed by atoms with van der Waals surface area (Å²) in [5.74, 6) is -5.68. The number of nitrogens with zero attached hydrogens (tertiary/aromatic N) is 2. The van der Waals surface area contributed by atoms with E-state index in [4.69, 9.17) is 27.9 Å². The molecule has 15 heteroatoms. The molecule has 2 aromatic carbocycles. The molecule has 1 saturated heterocycles. The van der Waals surface area contributed by atoms with Crippen LogP contribution in [0.25, 0.3) is 0 Å². The molecule has 1 saturated carbocycles. The molecule has 3 aliphatic rings. The first-order valence-electron chi connectivity index (χ1n) is 16.5. The number of nitrogens with one attached hydrogen (secondary N) is 1. The van der Waals surface area contributed by atoms with Crippen LogP contribution >= 0.6 is 23.2 Å². The van der Waals surface area contributed by atoms with E-state index in [2.05, 4.69) is 5.32 Å². The summed E-state index contributed by atoms with van der Waals surface area (Å²) in [6.45, 7) is 0.870. The van der Waals surface area contributed by atoms with E-state index in [1.165, 1.54) is 30.2 Å². The number of carbonyl (C=O) groups is 5. The van der Waals surface area contributed by atoms with Gasteiger partial charge in [-0.15, -0.1) is 0 Å². The molecule has 3 N–H and O–H groups in total. The third kappa shape index (κ3) is 8.71. The number of halogens is 2. The molecule has 2 amide bonds. The molecule has 272 valence electrons. The number of methoxy groups -OCH3 is 1. The summed E-state index contributed by atoms with van der Waals surface area (Å²) >= 11 is 11.3. The average Bonchev–Trinajstić information content (AvgIpc) is 3.55. The van der Waals surface area contributed by atoms with Gasteiger partial charge < -0.3 is 34.6 Å². The van der Waals surface area contributed by atoms with Crippen LogP contribution < -0.4 is 5.32 Å². The summed E-state index contributed by atoms with van der Waals surface area (Å²) < 4.78 is 18.3. The second kappa shape index (κ2) is 16.5. The van der Waals surface area contributed by atoms with E-state index in [0.717, 1.165) is 25.7 Å². The Bertz CT molecular complexity index is 1730. The minimum absolute atomic E-state index is 0.0212. The van der Waals surface area contributed by atoms with Crippen molar-refractivity contribution in [3.8, 4) is 0 Å². The number of hydrogen-bond donors (Lipinski definition) is 3. The molecule has 1 unspecified atom stereocenters. The third-order valence-corrected chi connectivity index (χ3v) is 11.8. The fourth-order valence-corrected chi connectivity index (χ4v) is 8.98. The van der Waals surface area contributed by atoms with Gasteiger partial charge in [0.2, 0.25) is 11.8 Å². The lowest BCUT2D eigenvalue weighted by Gasteiger charge is -2.37. The summed E-state index contributed by atoms with van der Waals surface area (Å²) in [5, 5.41) is 23.9. The fraction of sp³-hybridized carbons (Fsp3) is 0.417. The maximum absolute atomic E-state index is 13.8. The Morgan fingerprint density at radius 1 is 0.843 bits per heavy atom. The lowest BCUT2D eigenvalue weighted by molar-refractivity contribution is -0.146. The van der Waals surface area contributed by atoms with Crippen molar-refractivity contribution in [3.63, 3.8) is 0 Å². The van der Waals surface area contributed by atoms with Crippen LogP contribution in [0.1, 0.15) is 56.4 Å². The van der Waals surface area contributed by atoms with Gasteiger partial charge in [0.1, 0.15) is 0 Å². The van der Waals surface area contributed by atoms with Gasteiger partial charge in [0.15, 0.2) is 10.6 Å². The van der Waals surface area contributed by atoms with Crippen molar-refractivity contribution in [2.75, 3.05) is 39.0 Å². The smallest absolute Gasteiger partial charge is 0.334 e. The molecule has 5 rings (SSSR count). The van der Waals surface area contributed by atoms with Crippen molar-refractivity contribution in [1.82, 2.24) is 15.1 Å². The Morgan fingerprint density at radius 2 is 1.39 bits per heavy atom. The number of carboxylic acids is 2. The zero-order chi connectivity index (χ0) is 36.9. The van der Waals surface area contributed by atoms with Crippen LogP contribution in [0.4, 0.5) is 0 Å². The highest BCUT2D eigenvalue weighted by Gasteiger charge is 2.43. The maximum Gasteiger partial charge on any atom is 0.334 e. The van der Waals surface area contributed by atoms with E-state index in [-0.39, 0.29) is 83.7 Å². The van der Waals surface area contributed by atoms with Crippen LogP contribution in [0.3, 0.4) is 0 Å². The third-order valence-electron chi connectivity index (χ3n) is 9.81. The molecule has 2 atom stereocenters. The minimum Gasteiger partial charge on any atom is -0.611 e. The van der Waals surface area contributed by atoms with Crippen molar-refractivity contribution in [2.45, 2.75) is 55.8 Å². The summed E-state index contributed by atoms with van der Waals surface area (Å²) in [7, 11) is 1.33. The van der Waals surface area contributed by atoms with Crippen LogP contribution in [-0.2, 0) is 39.9 Å². The molecule has 2 aliphatic heterocycles. The lowest BCUT2D eigenvalue weighted by Crippen LogP contribution is -2.51. The molecule has 0 aromatic heterocycles. The zero-order valence-corrected chi connectivity index (χ0v) is 30.3. The highest BCUT2D eigenvalue weighted by atomic mass is 35.5. The maximum atomic E-state index is 13.8. The lowest BCUT2D eigenvalue weighted by atomic mass is 9.79. The number of aliphatic carboxylic acids is 2. The Labute approximate surface area is 308 Å². The van der Waals surface area contributed by atoms with Crippen LogP contribution in [0, 0.1) is 5.41 Å². The number of benzene rings is 2. The van der Waals surface area contributed by atoms with Crippen LogP contribution in [-0.4, -0.2) is 93.3 Å². The summed E-state index contributed by atoms with van der Waals surface area (Å²) in [4.78, 5) is 68.7.